The van der Waals surface area contributed by atoms with Gasteiger partial charge in [-0.1, -0.05) is 6.07 Å². The Morgan fingerprint density at radius 1 is 0.727 bits per heavy atom. The van der Waals surface area contributed by atoms with E-state index < -0.39 is 10.1 Å². The molecule has 0 aliphatic heterocycles. The van der Waals surface area contributed by atoms with Gasteiger partial charge < -0.3 is 19.3 Å². The standard InChI is InChI=1S/C21H20N4O7S/c1-30-18-10-14(23-22-13-5-4-6-16(9-13)33(27,28)29)7-8-17(18)24-25-21-19(31-2)11-15(26)12-20(21)32-3/h4-12,26H,1-3H3,(H,27,28,29). The number of phenolic OH excluding ortho intramolecular Hbond substituents is 1. The summed E-state index contributed by atoms with van der Waals surface area (Å²) in [4.78, 5) is -0.285. The van der Waals surface area contributed by atoms with Gasteiger partial charge in [0.2, 0.25) is 0 Å². The van der Waals surface area contributed by atoms with E-state index in [1.54, 1.807) is 18.2 Å². The maximum absolute atomic E-state index is 11.3. The monoisotopic (exact) mass is 472 g/mol. The predicted molar refractivity (Wildman–Crippen MR) is 119 cm³/mol. The minimum absolute atomic E-state index is 0.0444. The van der Waals surface area contributed by atoms with Gasteiger partial charge in [-0.2, -0.15) is 18.6 Å². The average Bonchev–Trinajstić information content (AvgIpc) is 2.81. The van der Waals surface area contributed by atoms with Crippen molar-refractivity contribution >= 4 is 32.9 Å². The molecular formula is C21H20N4O7S. The van der Waals surface area contributed by atoms with Crippen LogP contribution < -0.4 is 14.2 Å². The van der Waals surface area contributed by atoms with Gasteiger partial charge in [0, 0.05) is 18.2 Å². The molecule has 0 radical (unpaired) electrons. The minimum Gasteiger partial charge on any atom is -0.508 e. The highest BCUT2D eigenvalue weighted by Crippen LogP contribution is 2.42. The lowest BCUT2D eigenvalue weighted by Crippen LogP contribution is -1.96. The molecule has 0 aliphatic carbocycles. The van der Waals surface area contributed by atoms with Crippen LogP contribution in [0.5, 0.6) is 23.0 Å². The zero-order valence-corrected chi connectivity index (χ0v) is 18.6. The molecule has 0 heterocycles. The fourth-order valence-electron chi connectivity index (χ4n) is 2.71. The van der Waals surface area contributed by atoms with Crippen LogP contribution in [0.15, 0.2) is 79.9 Å². The molecule has 0 amide bonds. The first-order valence-electron chi connectivity index (χ1n) is 9.29. The second-order valence-corrected chi connectivity index (χ2v) is 7.85. The van der Waals surface area contributed by atoms with Crippen LogP contribution >= 0.6 is 0 Å². The predicted octanol–water partition coefficient (Wildman–Crippen LogP) is 5.50. The van der Waals surface area contributed by atoms with Crippen molar-refractivity contribution < 1.29 is 32.3 Å². The number of phenols is 1. The highest BCUT2D eigenvalue weighted by atomic mass is 32.2. The second-order valence-electron chi connectivity index (χ2n) is 6.43. The third-order valence-corrected chi connectivity index (χ3v) is 5.13. The first kappa shape index (κ1) is 23.6. The molecule has 0 bridgehead atoms. The number of hydrogen-bond acceptors (Lipinski definition) is 10. The van der Waals surface area contributed by atoms with Crippen molar-refractivity contribution in [1.29, 1.82) is 0 Å². The number of methoxy groups -OCH3 is 3. The number of azo groups is 2. The van der Waals surface area contributed by atoms with E-state index >= 15 is 0 Å². The molecule has 2 N–H and O–H groups in total. The van der Waals surface area contributed by atoms with Gasteiger partial charge in [-0.15, -0.1) is 10.2 Å². The Balaban J connectivity index is 1.89. The van der Waals surface area contributed by atoms with E-state index in [0.29, 0.717) is 17.1 Å². The van der Waals surface area contributed by atoms with Gasteiger partial charge >= 0.3 is 0 Å². The molecule has 11 nitrogen and oxygen atoms in total. The molecule has 0 aliphatic rings. The normalized spacial score (nSPS) is 11.8. The van der Waals surface area contributed by atoms with Crippen molar-refractivity contribution in [2.75, 3.05) is 21.3 Å². The van der Waals surface area contributed by atoms with Gasteiger partial charge in [0.15, 0.2) is 17.2 Å². The summed E-state index contributed by atoms with van der Waals surface area (Å²) in [6.07, 6.45) is 0. The molecule has 0 saturated carbocycles. The molecule has 0 saturated heterocycles. The molecule has 3 rings (SSSR count). The highest BCUT2D eigenvalue weighted by molar-refractivity contribution is 7.85. The number of benzene rings is 3. The van der Waals surface area contributed by atoms with Gasteiger partial charge in [-0.05, 0) is 30.3 Å². The Kier molecular flexibility index (Phi) is 7.20. The van der Waals surface area contributed by atoms with Crippen molar-refractivity contribution in [2.45, 2.75) is 4.90 Å². The molecular weight excluding hydrogens is 452 g/mol. The summed E-state index contributed by atoms with van der Waals surface area (Å²) in [5.74, 6) is 0.842. The van der Waals surface area contributed by atoms with E-state index in [4.69, 9.17) is 18.8 Å². The van der Waals surface area contributed by atoms with Crippen LogP contribution in [0.4, 0.5) is 22.7 Å². The first-order valence-corrected chi connectivity index (χ1v) is 10.7. The van der Waals surface area contributed by atoms with Crippen LogP contribution in [0.3, 0.4) is 0 Å². The van der Waals surface area contributed by atoms with Crippen LogP contribution in [0, 0.1) is 0 Å². The molecule has 0 unspecified atom stereocenters. The molecule has 0 fully saturated rings. The summed E-state index contributed by atoms with van der Waals surface area (Å²) in [5.41, 5.74) is 1.30. The van der Waals surface area contributed by atoms with Crippen LogP contribution in [0.2, 0.25) is 0 Å². The van der Waals surface area contributed by atoms with E-state index in [0.717, 1.165) is 0 Å². The summed E-state index contributed by atoms with van der Waals surface area (Å²) >= 11 is 0. The Labute approximate surface area is 189 Å². The van der Waals surface area contributed by atoms with Crippen LogP contribution in [-0.4, -0.2) is 39.4 Å². The van der Waals surface area contributed by atoms with E-state index in [9.17, 15) is 13.5 Å². The summed E-state index contributed by atoms with van der Waals surface area (Å²) in [6.45, 7) is 0. The van der Waals surface area contributed by atoms with Gasteiger partial charge in [0.05, 0.1) is 37.6 Å². The van der Waals surface area contributed by atoms with Crippen molar-refractivity contribution in [3.63, 3.8) is 0 Å². The van der Waals surface area contributed by atoms with E-state index in [2.05, 4.69) is 20.5 Å². The Morgan fingerprint density at radius 3 is 1.91 bits per heavy atom. The highest BCUT2D eigenvalue weighted by Gasteiger charge is 2.13. The Morgan fingerprint density at radius 2 is 1.33 bits per heavy atom. The lowest BCUT2D eigenvalue weighted by Gasteiger charge is -2.09. The lowest BCUT2D eigenvalue weighted by molar-refractivity contribution is 0.386. The van der Waals surface area contributed by atoms with Crippen LogP contribution in [0.25, 0.3) is 0 Å². The van der Waals surface area contributed by atoms with Crippen molar-refractivity contribution in [1.82, 2.24) is 0 Å². The summed E-state index contributed by atoms with van der Waals surface area (Å²) in [5, 5.41) is 26.2. The quantitative estimate of drug-likeness (QED) is 0.324. The lowest BCUT2D eigenvalue weighted by atomic mass is 10.2. The van der Waals surface area contributed by atoms with E-state index in [1.165, 1.54) is 57.7 Å². The maximum atomic E-state index is 11.3. The molecule has 0 aromatic heterocycles. The summed E-state index contributed by atoms with van der Waals surface area (Å²) in [7, 11) is -0.0320. The smallest absolute Gasteiger partial charge is 0.294 e. The second kappa shape index (κ2) is 10.1. The molecule has 0 spiro atoms. The van der Waals surface area contributed by atoms with E-state index in [-0.39, 0.29) is 33.5 Å². The molecule has 33 heavy (non-hydrogen) atoms. The Hall–Kier alpha value is -4.03. The zero-order chi connectivity index (χ0) is 24.0. The third-order valence-electron chi connectivity index (χ3n) is 4.28. The fourth-order valence-corrected chi connectivity index (χ4v) is 3.24. The molecule has 172 valence electrons. The van der Waals surface area contributed by atoms with Crippen LogP contribution in [-0.2, 0) is 10.1 Å². The average molecular weight is 472 g/mol. The first-order chi connectivity index (χ1) is 15.7. The van der Waals surface area contributed by atoms with Crippen molar-refractivity contribution in [2.24, 2.45) is 20.5 Å². The number of aromatic hydroxyl groups is 1. The maximum Gasteiger partial charge on any atom is 0.294 e. The molecule has 0 atom stereocenters. The summed E-state index contributed by atoms with van der Waals surface area (Å²) in [6, 6.07) is 13.0. The number of hydrogen-bond donors (Lipinski definition) is 2. The van der Waals surface area contributed by atoms with Crippen molar-refractivity contribution in [3.05, 3.63) is 54.6 Å². The molecule has 3 aromatic carbocycles. The molecule has 3 aromatic rings. The number of nitrogens with zero attached hydrogens (tertiary/aromatic N) is 4. The number of ether oxygens (including phenoxy) is 3. The topological polar surface area (TPSA) is 152 Å². The molecule has 12 heteroatoms. The Bertz CT molecular complexity index is 1300. The van der Waals surface area contributed by atoms with Crippen LogP contribution in [0.1, 0.15) is 0 Å². The fraction of sp³-hybridized carbons (Fsp3) is 0.143. The van der Waals surface area contributed by atoms with Gasteiger partial charge in [-0.3, -0.25) is 4.55 Å². The zero-order valence-electron chi connectivity index (χ0n) is 17.8. The van der Waals surface area contributed by atoms with Gasteiger partial charge in [0.1, 0.15) is 17.2 Å². The largest absolute Gasteiger partial charge is 0.508 e. The summed E-state index contributed by atoms with van der Waals surface area (Å²) < 4.78 is 47.5. The van der Waals surface area contributed by atoms with Crippen molar-refractivity contribution in [3.8, 4) is 23.0 Å². The number of rotatable bonds is 8. The minimum atomic E-state index is -4.34. The third kappa shape index (κ3) is 5.81. The van der Waals surface area contributed by atoms with E-state index in [1.807, 2.05) is 0 Å². The van der Waals surface area contributed by atoms with Gasteiger partial charge in [0.25, 0.3) is 10.1 Å². The van der Waals surface area contributed by atoms with Gasteiger partial charge in [-0.25, -0.2) is 0 Å². The SMILES string of the molecule is COc1cc(N=Nc2cccc(S(=O)(=O)O)c2)ccc1N=Nc1c(OC)cc(O)cc1OC.